The first-order chi connectivity index (χ1) is 15.1. The number of hydrogen-bond acceptors (Lipinski definition) is 3. The Balaban J connectivity index is 1.46. The van der Waals surface area contributed by atoms with Crippen LogP contribution in [0.1, 0.15) is 36.0 Å². The molecule has 2 aliphatic heterocycles. The lowest BCUT2D eigenvalue weighted by Gasteiger charge is -2.36. The molecule has 32 heavy (non-hydrogen) atoms. The number of fused-ring (bicyclic) bond motifs is 1. The summed E-state index contributed by atoms with van der Waals surface area (Å²) in [6, 6.07) is 10.2. The first-order valence-electron chi connectivity index (χ1n) is 10.7. The third kappa shape index (κ3) is 4.41. The van der Waals surface area contributed by atoms with Gasteiger partial charge in [0, 0.05) is 31.2 Å². The number of halogens is 3. The van der Waals surface area contributed by atoms with Gasteiger partial charge in [-0.25, -0.2) is 8.42 Å². The van der Waals surface area contributed by atoms with Crippen LogP contribution in [0.3, 0.4) is 0 Å². The van der Waals surface area contributed by atoms with Crippen molar-refractivity contribution in [3.63, 3.8) is 0 Å². The Bertz CT molecular complexity index is 1110. The zero-order valence-corrected chi connectivity index (χ0v) is 18.5. The van der Waals surface area contributed by atoms with Crippen molar-refractivity contribution in [1.82, 2.24) is 4.31 Å². The monoisotopic (exact) mass is 466 g/mol. The molecule has 2 heterocycles. The van der Waals surface area contributed by atoms with Gasteiger partial charge in [0.25, 0.3) is 0 Å². The van der Waals surface area contributed by atoms with Gasteiger partial charge in [-0.3, -0.25) is 4.79 Å². The van der Waals surface area contributed by atoms with Crippen LogP contribution in [0.15, 0.2) is 47.4 Å². The molecule has 0 saturated carbocycles. The average Bonchev–Trinajstić information content (AvgIpc) is 2.77. The maximum atomic E-state index is 13.2. The van der Waals surface area contributed by atoms with Gasteiger partial charge in [0.1, 0.15) is 0 Å². The summed E-state index contributed by atoms with van der Waals surface area (Å²) in [5.41, 5.74) is 1.32. The molecule has 2 aromatic carbocycles. The topological polar surface area (TPSA) is 57.7 Å². The number of hydrogen-bond donors (Lipinski definition) is 0. The van der Waals surface area contributed by atoms with Crippen molar-refractivity contribution in [2.75, 3.05) is 24.5 Å². The second-order valence-electron chi connectivity index (χ2n) is 8.43. The van der Waals surface area contributed by atoms with E-state index in [4.69, 9.17) is 0 Å². The Labute approximate surface area is 185 Å². The molecule has 5 nitrogen and oxygen atoms in total. The van der Waals surface area contributed by atoms with Gasteiger partial charge < -0.3 is 4.90 Å². The fourth-order valence-electron chi connectivity index (χ4n) is 4.43. The number of carbonyl (C=O) groups is 1. The molecule has 1 fully saturated rings. The molecule has 1 saturated heterocycles. The van der Waals surface area contributed by atoms with Crippen molar-refractivity contribution in [3.05, 3.63) is 59.2 Å². The van der Waals surface area contributed by atoms with E-state index < -0.39 is 21.8 Å². The Morgan fingerprint density at radius 2 is 1.66 bits per heavy atom. The summed E-state index contributed by atoms with van der Waals surface area (Å²) in [6.07, 6.45) is -2.55. The number of alkyl halides is 3. The van der Waals surface area contributed by atoms with Crippen molar-refractivity contribution in [3.8, 4) is 0 Å². The number of piperidine rings is 1. The van der Waals surface area contributed by atoms with E-state index in [1.165, 1.54) is 10.4 Å². The Hall–Kier alpha value is -2.39. The SMILES string of the molecule is Cc1ccc(S(=O)(=O)N2CCC(C(=O)N3CCCc4cc(C(F)(F)F)ccc43)CC2)cc1. The number of amides is 1. The first kappa shape index (κ1) is 22.8. The quantitative estimate of drug-likeness (QED) is 0.674. The van der Waals surface area contributed by atoms with E-state index in [-0.39, 0.29) is 29.8 Å². The highest BCUT2D eigenvalue weighted by atomic mass is 32.2. The molecular weight excluding hydrogens is 441 g/mol. The molecular formula is C23H25F3N2O3S. The molecule has 0 radical (unpaired) electrons. The molecule has 9 heteroatoms. The molecule has 0 aromatic heterocycles. The standard InChI is InChI=1S/C23H25F3N2O3S/c1-16-4-7-20(8-5-16)32(30,31)27-13-10-17(11-14-27)22(29)28-12-2-3-18-15-19(23(24,25)26)6-9-21(18)28/h4-9,15,17H,2-3,10-14H2,1H3. The van der Waals surface area contributed by atoms with Crippen LogP contribution in [0.25, 0.3) is 0 Å². The first-order valence-corrected chi connectivity index (χ1v) is 12.1. The van der Waals surface area contributed by atoms with Gasteiger partial charge in [-0.1, -0.05) is 17.7 Å². The second-order valence-corrected chi connectivity index (χ2v) is 10.4. The van der Waals surface area contributed by atoms with Crippen LogP contribution in [0.5, 0.6) is 0 Å². The smallest absolute Gasteiger partial charge is 0.312 e. The van der Waals surface area contributed by atoms with E-state index in [9.17, 15) is 26.4 Å². The molecule has 0 aliphatic carbocycles. The van der Waals surface area contributed by atoms with Crippen molar-refractivity contribution < 1.29 is 26.4 Å². The Morgan fingerprint density at radius 1 is 1.00 bits per heavy atom. The minimum Gasteiger partial charge on any atom is -0.312 e. The maximum Gasteiger partial charge on any atom is 0.416 e. The summed E-state index contributed by atoms with van der Waals surface area (Å²) in [5, 5.41) is 0. The molecule has 0 atom stereocenters. The summed E-state index contributed by atoms with van der Waals surface area (Å²) in [4.78, 5) is 15.0. The number of aryl methyl sites for hydroxylation is 2. The minimum absolute atomic E-state index is 0.141. The van der Waals surface area contributed by atoms with Crippen LogP contribution in [-0.4, -0.2) is 38.3 Å². The maximum absolute atomic E-state index is 13.2. The highest BCUT2D eigenvalue weighted by molar-refractivity contribution is 7.89. The summed E-state index contributed by atoms with van der Waals surface area (Å²) in [6.45, 7) is 2.82. The molecule has 4 rings (SSSR count). The van der Waals surface area contributed by atoms with Crippen molar-refractivity contribution in [2.45, 2.75) is 43.7 Å². The van der Waals surface area contributed by atoms with Gasteiger partial charge in [0.05, 0.1) is 10.5 Å². The van der Waals surface area contributed by atoms with Crippen molar-refractivity contribution in [2.24, 2.45) is 5.92 Å². The lowest BCUT2D eigenvalue weighted by Crippen LogP contribution is -2.45. The Kier molecular flexibility index (Phi) is 6.06. The van der Waals surface area contributed by atoms with Gasteiger partial charge in [-0.15, -0.1) is 0 Å². The number of rotatable bonds is 3. The summed E-state index contributed by atoms with van der Waals surface area (Å²) >= 11 is 0. The van der Waals surface area contributed by atoms with Crippen LogP contribution in [-0.2, 0) is 27.4 Å². The van der Waals surface area contributed by atoms with E-state index >= 15 is 0 Å². The molecule has 0 spiro atoms. The van der Waals surface area contributed by atoms with E-state index in [0.29, 0.717) is 43.5 Å². The van der Waals surface area contributed by atoms with Gasteiger partial charge in [0.15, 0.2) is 0 Å². The van der Waals surface area contributed by atoms with Crippen LogP contribution in [0.2, 0.25) is 0 Å². The third-order valence-corrected chi connectivity index (χ3v) is 8.17. The minimum atomic E-state index is -4.42. The normalized spacial score (nSPS) is 18.4. The van der Waals surface area contributed by atoms with Crippen LogP contribution in [0.4, 0.5) is 18.9 Å². The molecule has 0 unspecified atom stereocenters. The fourth-order valence-corrected chi connectivity index (χ4v) is 5.89. The fraction of sp³-hybridized carbons (Fsp3) is 0.435. The predicted molar refractivity (Wildman–Crippen MR) is 115 cm³/mol. The zero-order chi connectivity index (χ0) is 23.1. The second kappa shape index (κ2) is 8.51. The van der Waals surface area contributed by atoms with E-state index in [2.05, 4.69) is 0 Å². The molecule has 172 valence electrons. The highest BCUT2D eigenvalue weighted by Crippen LogP contribution is 2.36. The number of nitrogens with zero attached hydrogens (tertiary/aromatic N) is 2. The number of anilines is 1. The number of benzene rings is 2. The zero-order valence-electron chi connectivity index (χ0n) is 17.7. The Morgan fingerprint density at radius 3 is 2.28 bits per heavy atom. The van der Waals surface area contributed by atoms with E-state index in [0.717, 1.165) is 17.7 Å². The predicted octanol–water partition coefficient (Wildman–Crippen LogP) is 4.39. The summed E-state index contributed by atoms with van der Waals surface area (Å²) < 4.78 is 66.3. The lowest BCUT2D eigenvalue weighted by atomic mass is 9.93. The van der Waals surface area contributed by atoms with Gasteiger partial charge in [-0.05, 0) is 68.5 Å². The van der Waals surface area contributed by atoms with E-state index in [1.807, 2.05) is 6.92 Å². The lowest BCUT2D eigenvalue weighted by molar-refractivity contribution is -0.137. The van der Waals surface area contributed by atoms with Gasteiger partial charge >= 0.3 is 6.18 Å². The van der Waals surface area contributed by atoms with Crippen molar-refractivity contribution in [1.29, 1.82) is 0 Å². The average molecular weight is 467 g/mol. The summed E-state index contributed by atoms with van der Waals surface area (Å²) in [7, 11) is -3.62. The molecule has 2 aromatic rings. The van der Waals surface area contributed by atoms with E-state index in [1.54, 1.807) is 29.2 Å². The molecule has 1 amide bonds. The largest absolute Gasteiger partial charge is 0.416 e. The van der Waals surface area contributed by atoms with Crippen molar-refractivity contribution >= 4 is 21.6 Å². The molecule has 0 bridgehead atoms. The third-order valence-electron chi connectivity index (χ3n) is 6.25. The van der Waals surface area contributed by atoms with Crippen LogP contribution >= 0.6 is 0 Å². The number of sulfonamides is 1. The summed E-state index contributed by atoms with van der Waals surface area (Å²) in [5.74, 6) is -0.495. The van der Waals surface area contributed by atoms with Crippen LogP contribution < -0.4 is 4.90 Å². The van der Waals surface area contributed by atoms with Crippen LogP contribution in [0, 0.1) is 12.8 Å². The molecule has 2 aliphatic rings. The highest BCUT2D eigenvalue weighted by Gasteiger charge is 2.36. The van der Waals surface area contributed by atoms with Gasteiger partial charge in [-0.2, -0.15) is 17.5 Å². The number of carbonyl (C=O) groups excluding carboxylic acids is 1. The van der Waals surface area contributed by atoms with Gasteiger partial charge in [0.2, 0.25) is 15.9 Å². The molecule has 0 N–H and O–H groups in total.